The summed E-state index contributed by atoms with van der Waals surface area (Å²) >= 11 is 4.94. The fourth-order valence-electron chi connectivity index (χ4n) is 1.51. The molecule has 0 bridgehead atoms. The molecule has 0 radical (unpaired) electrons. The molecule has 4 heteroatoms. The number of hydrogen-bond acceptors (Lipinski definition) is 2. The maximum Gasteiger partial charge on any atom is 0.125 e. The molecule has 16 heavy (non-hydrogen) atoms. The third kappa shape index (κ3) is 3.45. The lowest BCUT2D eigenvalue weighted by Gasteiger charge is -2.26. The summed E-state index contributed by atoms with van der Waals surface area (Å²) in [5.41, 5.74) is 6.44. The van der Waals surface area contributed by atoms with Gasteiger partial charge in [0.15, 0.2) is 0 Å². The van der Waals surface area contributed by atoms with Crippen LogP contribution in [0.1, 0.15) is 13.8 Å². The van der Waals surface area contributed by atoms with Crippen LogP contribution in [-0.4, -0.2) is 18.1 Å². The lowest BCUT2D eigenvalue weighted by molar-refractivity contribution is 0.625. The van der Waals surface area contributed by atoms with Gasteiger partial charge in [-0.15, -0.1) is 0 Å². The van der Waals surface area contributed by atoms with Gasteiger partial charge in [0.05, 0.1) is 4.99 Å². The molecule has 0 spiro atoms. The van der Waals surface area contributed by atoms with Crippen LogP contribution < -0.4 is 10.6 Å². The smallest absolute Gasteiger partial charge is 0.125 e. The van der Waals surface area contributed by atoms with E-state index < -0.39 is 0 Å². The molecule has 0 amide bonds. The first-order chi connectivity index (χ1) is 7.54. The number of hydrogen-bond donors (Lipinski definition) is 1. The molecule has 0 aromatic heterocycles. The molecule has 1 atom stereocenters. The van der Waals surface area contributed by atoms with E-state index >= 15 is 0 Å². The summed E-state index contributed by atoms with van der Waals surface area (Å²) in [6.07, 6.45) is 0. The Morgan fingerprint density at radius 2 is 2.25 bits per heavy atom. The van der Waals surface area contributed by atoms with Crippen LogP contribution in [0.4, 0.5) is 10.1 Å². The maximum atomic E-state index is 13.1. The van der Waals surface area contributed by atoms with Crippen molar-refractivity contribution in [3.63, 3.8) is 0 Å². The Kier molecular flexibility index (Phi) is 4.68. The molecular formula is C12H17FN2S. The van der Waals surface area contributed by atoms with Crippen LogP contribution in [0.2, 0.25) is 0 Å². The minimum atomic E-state index is -0.223. The summed E-state index contributed by atoms with van der Waals surface area (Å²) in [7, 11) is 0. The predicted molar refractivity (Wildman–Crippen MR) is 70.2 cm³/mol. The van der Waals surface area contributed by atoms with E-state index in [0.29, 0.717) is 4.99 Å². The summed E-state index contributed by atoms with van der Waals surface area (Å²) in [6.45, 7) is 5.52. The number of nitrogens with two attached hydrogens (primary N) is 1. The Morgan fingerprint density at radius 3 is 2.75 bits per heavy atom. The minimum absolute atomic E-state index is 0.123. The van der Waals surface area contributed by atoms with Crippen molar-refractivity contribution in [2.24, 2.45) is 11.7 Å². The average Bonchev–Trinajstić information content (AvgIpc) is 2.25. The van der Waals surface area contributed by atoms with Gasteiger partial charge in [-0.1, -0.05) is 25.2 Å². The number of benzene rings is 1. The van der Waals surface area contributed by atoms with Gasteiger partial charge in [-0.2, -0.15) is 0 Å². The molecule has 0 aliphatic rings. The second kappa shape index (κ2) is 5.80. The Labute approximate surface area is 101 Å². The van der Waals surface area contributed by atoms with Crippen LogP contribution in [0.3, 0.4) is 0 Å². The molecule has 2 N–H and O–H groups in total. The monoisotopic (exact) mass is 240 g/mol. The SMILES string of the molecule is CCN(CC(C)C(N)=S)c1cccc(F)c1. The topological polar surface area (TPSA) is 29.3 Å². The Balaban J connectivity index is 2.78. The Morgan fingerprint density at radius 1 is 1.56 bits per heavy atom. The molecular weight excluding hydrogens is 223 g/mol. The van der Waals surface area contributed by atoms with E-state index in [1.54, 1.807) is 6.07 Å². The fourth-order valence-corrected chi connectivity index (χ4v) is 1.58. The third-order valence-electron chi connectivity index (χ3n) is 2.54. The third-order valence-corrected chi connectivity index (χ3v) is 2.94. The number of thiocarbonyl (C=S) groups is 1. The van der Waals surface area contributed by atoms with Crippen LogP contribution >= 0.6 is 12.2 Å². The summed E-state index contributed by atoms with van der Waals surface area (Å²) in [4.78, 5) is 2.56. The van der Waals surface area contributed by atoms with Crippen molar-refractivity contribution in [2.75, 3.05) is 18.0 Å². The highest BCUT2D eigenvalue weighted by atomic mass is 32.1. The van der Waals surface area contributed by atoms with Crippen molar-refractivity contribution in [2.45, 2.75) is 13.8 Å². The molecule has 0 saturated carbocycles. The normalized spacial score (nSPS) is 12.2. The molecule has 1 aromatic rings. The Hall–Kier alpha value is -1.16. The van der Waals surface area contributed by atoms with Gasteiger partial charge in [-0.05, 0) is 25.1 Å². The zero-order valence-electron chi connectivity index (χ0n) is 9.61. The zero-order valence-corrected chi connectivity index (χ0v) is 10.4. The summed E-state index contributed by atoms with van der Waals surface area (Å²) in [5.74, 6) is -0.0999. The predicted octanol–water partition coefficient (Wildman–Crippen LogP) is 2.57. The molecule has 1 aromatic carbocycles. The van der Waals surface area contributed by atoms with Crippen molar-refractivity contribution >= 4 is 22.9 Å². The highest BCUT2D eigenvalue weighted by Crippen LogP contribution is 2.16. The standard InChI is InChI=1S/C12H17FN2S/c1-3-15(8-9(2)12(14)16)11-6-4-5-10(13)7-11/h4-7,9H,3,8H2,1-2H3,(H2,14,16). The van der Waals surface area contributed by atoms with E-state index in [9.17, 15) is 4.39 Å². The van der Waals surface area contributed by atoms with Crippen LogP contribution in [-0.2, 0) is 0 Å². The van der Waals surface area contributed by atoms with Gasteiger partial charge < -0.3 is 10.6 Å². The second-order valence-electron chi connectivity index (χ2n) is 3.82. The van der Waals surface area contributed by atoms with Crippen LogP contribution in [0, 0.1) is 11.7 Å². The van der Waals surface area contributed by atoms with Crippen LogP contribution in [0.25, 0.3) is 0 Å². The minimum Gasteiger partial charge on any atom is -0.393 e. The lowest BCUT2D eigenvalue weighted by Crippen LogP contribution is -2.33. The second-order valence-corrected chi connectivity index (χ2v) is 4.29. The van der Waals surface area contributed by atoms with Crippen molar-refractivity contribution < 1.29 is 4.39 Å². The van der Waals surface area contributed by atoms with Gasteiger partial charge in [-0.25, -0.2) is 4.39 Å². The molecule has 0 saturated heterocycles. The van der Waals surface area contributed by atoms with Gasteiger partial charge in [0.25, 0.3) is 0 Å². The first-order valence-electron chi connectivity index (χ1n) is 5.34. The van der Waals surface area contributed by atoms with Gasteiger partial charge in [0.1, 0.15) is 5.82 Å². The molecule has 88 valence electrons. The summed E-state index contributed by atoms with van der Waals surface area (Å²) in [5, 5.41) is 0. The number of nitrogens with zero attached hydrogens (tertiary/aromatic N) is 1. The molecule has 0 fully saturated rings. The van der Waals surface area contributed by atoms with Gasteiger partial charge in [0, 0.05) is 24.7 Å². The number of anilines is 1. The van der Waals surface area contributed by atoms with Crippen molar-refractivity contribution in [3.8, 4) is 0 Å². The van der Waals surface area contributed by atoms with Crippen LogP contribution in [0.15, 0.2) is 24.3 Å². The maximum absolute atomic E-state index is 13.1. The number of rotatable bonds is 5. The van der Waals surface area contributed by atoms with E-state index in [4.69, 9.17) is 18.0 Å². The van der Waals surface area contributed by atoms with E-state index in [0.717, 1.165) is 18.8 Å². The largest absolute Gasteiger partial charge is 0.393 e. The Bertz CT molecular complexity index is 368. The molecule has 1 unspecified atom stereocenters. The lowest BCUT2D eigenvalue weighted by atomic mass is 10.1. The van der Waals surface area contributed by atoms with Gasteiger partial charge in [0.2, 0.25) is 0 Å². The first-order valence-corrected chi connectivity index (χ1v) is 5.75. The van der Waals surface area contributed by atoms with Gasteiger partial charge >= 0.3 is 0 Å². The molecule has 0 heterocycles. The molecule has 1 rings (SSSR count). The summed E-state index contributed by atoms with van der Waals surface area (Å²) in [6, 6.07) is 6.56. The van der Waals surface area contributed by atoms with E-state index in [1.165, 1.54) is 12.1 Å². The first kappa shape index (κ1) is 12.9. The molecule has 2 nitrogen and oxygen atoms in total. The van der Waals surface area contributed by atoms with E-state index in [1.807, 2.05) is 19.9 Å². The van der Waals surface area contributed by atoms with E-state index in [2.05, 4.69) is 4.90 Å². The van der Waals surface area contributed by atoms with Crippen molar-refractivity contribution in [1.29, 1.82) is 0 Å². The van der Waals surface area contributed by atoms with Crippen molar-refractivity contribution in [1.82, 2.24) is 0 Å². The number of halogens is 1. The molecule has 0 aliphatic heterocycles. The highest BCUT2D eigenvalue weighted by molar-refractivity contribution is 7.80. The van der Waals surface area contributed by atoms with Gasteiger partial charge in [-0.3, -0.25) is 0 Å². The van der Waals surface area contributed by atoms with E-state index in [-0.39, 0.29) is 11.7 Å². The molecule has 0 aliphatic carbocycles. The summed E-state index contributed by atoms with van der Waals surface area (Å²) < 4.78 is 13.1. The quantitative estimate of drug-likeness (QED) is 0.802. The van der Waals surface area contributed by atoms with Crippen molar-refractivity contribution in [3.05, 3.63) is 30.1 Å². The highest BCUT2D eigenvalue weighted by Gasteiger charge is 2.11. The van der Waals surface area contributed by atoms with Crippen LogP contribution in [0.5, 0.6) is 0 Å². The fraction of sp³-hybridized carbons (Fsp3) is 0.417. The average molecular weight is 240 g/mol. The zero-order chi connectivity index (χ0) is 12.1.